The molecule has 0 spiro atoms. The van der Waals surface area contributed by atoms with Gasteiger partial charge in [-0.3, -0.25) is 4.79 Å². The summed E-state index contributed by atoms with van der Waals surface area (Å²) >= 11 is 0. The van der Waals surface area contributed by atoms with E-state index >= 15 is 0 Å². The minimum absolute atomic E-state index is 0.160. The molecule has 1 unspecified atom stereocenters. The van der Waals surface area contributed by atoms with Gasteiger partial charge in [-0.2, -0.15) is 0 Å². The fourth-order valence-corrected chi connectivity index (χ4v) is 4.63. The molecule has 0 bridgehead atoms. The number of hydrogen-bond donors (Lipinski definition) is 1. The van der Waals surface area contributed by atoms with Crippen LogP contribution in [0.2, 0.25) is 0 Å². The molecule has 4 heteroatoms. The summed E-state index contributed by atoms with van der Waals surface area (Å²) in [6.07, 6.45) is 4.54. The maximum atomic E-state index is 13.8. The average Bonchev–Trinajstić information content (AvgIpc) is 3.33. The van der Waals surface area contributed by atoms with Crippen LogP contribution in [0, 0.1) is 12.7 Å². The summed E-state index contributed by atoms with van der Waals surface area (Å²) < 4.78 is 13.8. The highest BCUT2D eigenvalue weighted by atomic mass is 19.1. The topological polar surface area (TPSA) is 36.1 Å². The first-order valence-corrected chi connectivity index (χ1v) is 9.77. The molecular weight excluding hydrogens is 339 g/mol. The van der Waals surface area contributed by atoms with Crippen LogP contribution in [-0.4, -0.2) is 21.8 Å². The maximum absolute atomic E-state index is 13.8. The van der Waals surface area contributed by atoms with Gasteiger partial charge >= 0.3 is 0 Å². The number of nitrogens with one attached hydrogen (secondary N) is 1. The van der Waals surface area contributed by atoms with E-state index in [0.717, 1.165) is 47.8 Å². The lowest BCUT2D eigenvalue weighted by molar-refractivity contribution is -0.133. The van der Waals surface area contributed by atoms with E-state index in [2.05, 4.69) is 34.1 Å². The van der Waals surface area contributed by atoms with Crippen molar-refractivity contribution in [3.05, 3.63) is 70.7 Å². The van der Waals surface area contributed by atoms with Crippen LogP contribution in [-0.2, 0) is 17.6 Å². The monoisotopic (exact) mass is 362 g/mol. The van der Waals surface area contributed by atoms with Crippen molar-refractivity contribution >= 4 is 16.8 Å². The fraction of sp³-hybridized carbons (Fsp3) is 0.348. The lowest BCUT2D eigenvalue weighted by Crippen LogP contribution is -2.37. The Kier molecular flexibility index (Phi) is 3.81. The minimum Gasteiger partial charge on any atom is -0.358 e. The van der Waals surface area contributed by atoms with Crippen molar-refractivity contribution in [1.82, 2.24) is 9.88 Å². The molecule has 1 fully saturated rings. The summed E-state index contributed by atoms with van der Waals surface area (Å²) in [5, 5.41) is 0.823. The second-order valence-electron chi connectivity index (χ2n) is 7.88. The summed E-state index contributed by atoms with van der Waals surface area (Å²) in [4.78, 5) is 18.8. The van der Waals surface area contributed by atoms with E-state index in [1.165, 1.54) is 23.3 Å². The third-order valence-electron chi connectivity index (χ3n) is 6.07. The molecule has 3 aromatic rings. The van der Waals surface area contributed by atoms with Gasteiger partial charge in [0, 0.05) is 22.6 Å². The van der Waals surface area contributed by atoms with Crippen molar-refractivity contribution in [1.29, 1.82) is 0 Å². The van der Waals surface area contributed by atoms with Gasteiger partial charge in [-0.1, -0.05) is 24.3 Å². The Bertz CT molecular complexity index is 1030. The molecule has 2 aliphatic carbocycles. The molecule has 2 aliphatic rings. The van der Waals surface area contributed by atoms with Crippen molar-refractivity contribution < 1.29 is 9.18 Å². The van der Waals surface area contributed by atoms with Crippen LogP contribution in [0.25, 0.3) is 10.9 Å². The van der Waals surface area contributed by atoms with E-state index in [1.54, 1.807) is 6.07 Å². The highest BCUT2D eigenvalue weighted by Crippen LogP contribution is 2.42. The van der Waals surface area contributed by atoms with Gasteiger partial charge in [0.2, 0.25) is 5.91 Å². The van der Waals surface area contributed by atoms with Gasteiger partial charge in [0.25, 0.3) is 0 Å². The molecule has 2 aromatic carbocycles. The number of aromatic amines is 1. The molecule has 1 atom stereocenters. The Morgan fingerprint density at radius 1 is 1.19 bits per heavy atom. The molecule has 0 radical (unpaired) electrons. The third-order valence-corrected chi connectivity index (χ3v) is 6.07. The zero-order valence-electron chi connectivity index (χ0n) is 15.5. The van der Waals surface area contributed by atoms with E-state index in [-0.39, 0.29) is 17.8 Å². The smallest absolute Gasteiger partial charge is 0.227 e. The predicted molar refractivity (Wildman–Crippen MR) is 104 cm³/mol. The van der Waals surface area contributed by atoms with Crippen LogP contribution >= 0.6 is 0 Å². The number of nitrogens with zero attached hydrogens (tertiary/aromatic N) is 1. The number of amides is 1. The van der Waals surface area contributed by atoms with Crippen LogP contribution in [0.4, 0.5) is 4.39 Å². The lowest BCUT2D eigenvalue weighted by Gasteiger charge is -2.30. The quantitative estimate of drug-likeness (QED) is 0.708. The number of rotatable bonds is 4. The van der Waals surface area contributed by atoms with Crippen molar-refractivity contribution in [3.8, 4) is 0 Å². The first-order valence-electron chi connectivity index (χ1n) is 9.77. The normalized spacial score (nSPS) is 18.7. The van der Waals surface area contributed by atoms with E-state index < -0.39 is 0 Å². The van der Waals surface area contributed by atoms with E-state index in [9.17, 15) is 9.18 Å². The third kappa shape index (κ3) is 2.84. The van der Waals surface area contributed by atoms with E-state index in [0.29, 0.717) is 12.5 Å². The summed E-state index contributed by atoms with van der Waals surface area (Å²) in [5.41, 5.74) is 5.43. The summed E-state index contributed by atoms with van der Waals surface area (Å²) in [6, 6.07) is 13.8. The Morgan fingerprint density at radius 2 is 2.00 bits per heavy atom. The molecule has 5 rings (SSSR count). The molecule has 138 valence electrons. The van der Waals surface area contributed by atoms with Crippen molar-refractivity contribution in [2.45, 2.75) is 51.1 Å². The summed E-state index contributed by atoms with van der Waals surface area (Å²) in [6.45, 7) is 1.97. The molecule has 1 aromatic heterocycles. The van der Waals surface area contributed by atoms with E-state index in [4.69, 9.17) is 0 Å². The number of hydrogen-bond acceptors (Lipinski definition) is 1. The lowest BCUT2D eigenvalue weighted by atomic mass is 10.0. The number of carbonyl (C=O) groups excluding carboxylic acids is 1. The molecule has 0 aliphatic heterocycles. The predicted octanol–water partition coefficient (Wildman–Crippen LogP) is 4.84. The zero-order chi connectivity index (χ0) is 18.5. The number of carbonyl (C=O) groups is 1. The summed E-state index contributed by atoms with van der Waals surface area (Å²) in [5.74, 6) is -0.105. The maximum Gasteiger partial charge on any atom is 0.227 e. The SMILES string of the molecule is Cc1[nH]c2ccc(F)cc2c1CC(=O)N(C1CC1)C1CCc2ccccc21. The minimum atomic E-state index is -0.265. The second kappa shape index (κ2) is 6.22. The number of fused-ring (bicyclic) bond motifs is 2. The fourth-order valence-electron chi connectivity index (χ4n) is 4.63. The van der Waals surface area contributed by atoms with Crippen molar-refractivity contribution in [3.63, 3.8) is 0 Å². The van der Waals surface area contributed by atoms with Gasteiger partial charge in [-0.15, -0.1) is 0 Å². The zero-order valence-corrected chi connectivity index (χ0v) is 15.5. The second-order valence-corrected chi connectivity index (χ2v) is 7.88. The first-order chi connectivity index (χ1) is 13.1. The number of aromatic nitrogens is 1. The van der Waals surface area contributed by atoms with Crippen molar-refractivity contribution in [2.24, 2.45) is 0 Å². The van der Waals surface area contributed by atoms with Crippen LogP contribution < -0.4 is 0 Å². The van der Waals surface area contributed by atoms with Crippen LogP contribution in [0.5, 0.6) is 0 Å². The van der Waals surface area contributed by atoms with Gasteiger partial charge in [0.05, 0.1) is 12.5 Å². The molecule has 1 saturated carbocycles. The van der Waals surface area contributed by atoms with Crippen molar-refractivity contribution in [2.75, 3.05) is 0 Å². The molecule has 1 N–H and O–H groups in total. The van der Waals surface area contributed by atoms with Crippen LogP contribution in [0.3, 0.4) is 0 Å². The molecular formula is C23H23FN2O. The number of aryl methyl sites for hydroxylation is 2. The van der Waals surface area contributed by atoms with Gasteiger partial charge in [-0.25, -0.2) is 4.39 Å². The standard InChI is InChI=1S/C23H23FN2O/c1-14-19(20-12-16(24)7-10-21(20)25-14)13-23(27)26(17-8-9-17)22-11-6-15-4-2-3-5-18(15)22/h2-5,7,10,12,17,22,25H,6,8-9,11,13H2,1H3. The first kappa shape index (κ1) is 16.5. The van der Waals surface area contributed by atoms with Gasteiger partial charge in [0.1, 0.15) is 5.82 Å². The highest BCUT2D eigenvalue weighted by molar-refractivity contribution is 5.90. The molecule has 27 heavy (non-hydrogen) atoms. The van der Waals surface area contributed by atoms with Gasteiger partial charge < -0.3 is 9.88 Å². The van der Waals surface area contributed by atoms with E-state index in [1.807, 2.05) is 6.92 Å². The number of halogens is 1. The number of H-pyrrole nitrogens is 1. The van der Waals surface area contributed by atoms with Gasteiger partial charge in [0.15, 0.2) is 0 Å². The highest BCUT2D eigenvalue weighted by Gasteiger charge is 2.40. The molecule has 1 heterocycles. The Balaban J connectivity index is 1.48. The number of benzene rings is 2. The largest absolute Gasteiger partial charge is 0.358 e. The van der Waals surface area contributed by atoms with Gasteiger partial charge in [-0.05, 0) is 67.5 Å². The molecule has 3 nitrogen and oxygen atoms in total. The van der Waals surface area contributed by atoms with Crippen LogP contribution in [0.15, 0.2) is 42.5 Å². The molecule has 1 amide bonds. The average molecular weight is 362 g/mol. The molecule has 0 saturated heterocycles. The Labute approximate surface area is 158 Å². The Hall–Kier alpha value is -2.62. The summed E-state index contributed by atoms with van der Waals surface area (Å²) in [7, 11) is 0. The van der Waals surface area contributed by atoms with Crippen LogP contribution in [0.1, 0.15) is 47.7 Å². The Morgan fingerprint density at radius 3 is 2.81 bits per heavy atom.